The van der Waals surface area contributed by atoms with E-state index in [2.05, 4.69) is 0 Å². The summed E-state index contributed by atoms with van der Waals surface area (Å²) in [7, 11) is 0. The lowest BCUT2D eigenvalue weighted by Gasteiger charge is -2.03. The number of hydrogen-bond acceptors (Lipinski definition) is 2. The fraction of sp³-hybridized carbons (Fsp3) is 0. The third-order valence-electron chi connectivity index (χ3n) is 1.45. The van der Waals surface area contributed by atoms with Crippen LogP contribution in [0.5, 0.6) is 0 Å². The van der Waals surface area contributed by atoms with E-state index in [1.807, 2.05) is 0 Å². The van der Waals surface area contributed by atoms with Gasteiger partial charge < -0.3 is 0 Å². The van der Waals surface area contributed by atoms with Crippen LogP contribution in [0.2, 0.25) is 15.1 Å². The number of carbonyl (C=O) groups is 1. The van der Waals surface area contributed by atoms with Crippen molar-refractivity contribution in [3.8, 4) is 6.07 Å². The van der Waals surface area contributed by atoms with E-state index < -0.39 is 11.6 Å². The Hall–Kier alpha value is -0.820. The molecule has 0 aliphatic heterocycles. The Morgan fingerprint density at radius 2 is 1.86 bits per heavy atom. The number of carbonyl (C=O) groups excluding carboxylic acids is 1. The van der Waals surface area contributed by atoms with Crippen molar-refractivity contribution < 1.29 is 9.18 Å². The smallest absolute Gasteiger partial charge is 0.263 e. The van der Waals surface area contributed by atoms with Gasteiger partial charge in [0, 0.05) is 0 Å². The zero-order valence-electron chi connectivity index (χ0n) is 6.44. The standard InChI is InChI=1S/C8HCl3FNO/c9-6-3(5(14)2-13)1-4(12)7(10)8(6)11/h1H. The van der Waals surface area contributed by atoms with E-state index in [-0.39, 0.29) is 20.6 Å². The van der Waals surface area contributed by atoms with Gasteiger partial charge in [-0.05, 0) is 6.07 Å². The Kier molecular flexibility index (Phi) is 3.33. The Labute approximate surface area is 93.8 Å². The summed E-state index contributed by atoms with van der Waals surface area (Å²) in [5.74, 6) is -1.85. The largest absolute Gasteiger partial charge is 0.277 e. The molecule has 0 unspecified atom stereocenters. The van der Waals surface area contributed by atoms with Gasteiger partial charge in [0.15, 0.2) is 0 Å². The lowest BCUT2D eigenvalue weighted by molar-refractivity contribution is 0.105. The van der Waals surface area contributed by atoms with Crippen LogP contribution in [-0.4, -0.2) is 5.78 Å². The van der Waals surface area contributed by atoms with Crippen molar-refractivity contribution in [3.63, 3.8) is 0 Å². The van der Waals surface area contributed by atoms with Crippen LogP contribution in [0.1, 0.15) is 10.4 Å². The van der Waals surface area contributed by atoms with Gasteiger partial charge in [-0.15, -0.1) is 0 Å². The Balaban J connectivity index is 3.50. The summed E-state index contributed by atoms with van der Waals surface area (Å²) < 4.78 is 13.0. The van der Waals surface area contributed by atoms with E-state index in [1.165, 1.54) is 6.07 Å². The normalized spacial score (nSPS) is 9.64. The first-order valence-corrected chi connectivity index (χ1v) is 4.39. The number of benzene rings is 1. The maximum Gasteiger partial charge on any atom is 0.263 e. The topological polar surface area (TPSA) is 40.9 Å². The molecule has 0 amide bonds. The van der Waals surface area contributed by atoms with Crippen LogP contribution in [-0.2, 0) is 0 Å². The fourth-order valence-electron chi connectivity index (χ4n) is 0.798. The number of hydrogen-bond donors (Lipinski definition) is 0. The van der Waals surface area contributed by atoms with Crippen molar-refractivity contribution in [2.24, 2.45) is 0 Å². The van der Waals surface area contributed by atoms with Crippen LogP contribution in [0.3, 0.4) is 0 Å². The predicted octanol–water partition coefficient (Wildman–Crippen LogP) is 3.49. The van der Waals surface area contributed by atoms with Gasteiger partial charge in [0.25, 0.3) is 5.78 Å². The van der Waals surface area contributed by atoms with Crippen LogP contribution in [0.25, 0.3) is 0 Å². The highest BCUT2D eigenvalue weighted by Gasteiger charge is 2.18. The molecule has 0 spiro atoms. The van der Waals surface area contributed by atoms with E-state index in [0.717, 1.165) is 6.07 Å². The molecule has 1 aromatic rings. The summed E-state index contributed by atoms with van der Waals surface area (Å²) in [5.41, 5.74) is -0.291. The molecule has 1 aromatic carbocycles. The van der Waals surface area contributed by atoms with Gasteiger partial charge in [-0.25, -0.2) is 4.39 Å². The Morgan fingerprint density at radius 1 is 1.29 bits per heavy atom. The maximum absolute atomic E-state index is 13.0. The molecule has 0 heterocycles. The summed E-state index contributed by atoms with van der Waals surface area (Å²) in [6.45, 7) is 0. The second kappa shape index (κ2) is 4.14. The minimum atomic E-state index is -0.965. The highest BCUT2D eigenvalue weighted by molar-refractivity contribution is 6.49. The van der Waals surface area contributed by atoms with E-state index in [9.17, 15) is 9.18 Å². The molecule has 0 bridgehead atoms. The van der Waals surface area contributed by atoms with Gasteiger partial charge in [0.1, 0.15) is 11.9 Å². The molecular formula is C8HCl3FNO. The predicted molar refractivity (Wildman–Crippen MR) is 51.4 cm³/mol. The quantitative estimate of drug-likeness (QED) is 0.332. The summed E-state index contributed by atoms with van der Waals surface area (Å²) in [5, 5.41) is 7.45. The van der Waals surface area contributed by atoms with Gasteiger partial charge in [0.05, 0.1) is 20.6 Å². The third-order valence-corrected chi connectivity index (χ3v) is 2.78. The lowest BCUT2D eigenvalue weighted by Crippen LogP contribution is -1.98. The molecule has 1 rings (SSSR count). The van der Waals surface area contributed by atoms with Gasteiger partial charge >= 0.3 is 0 Å². The summed E-state index contributed by atoms with van der Waals surface area (Å²) in [6.07, 6.45) is 0. The first kappa shape index (κ1) is 11.3. The minimum Gasteiger partial charge on any atom is -0.277 e. The molecule has 0 aromatic heterocycles. The molecule has 0 aliphatic rings. The Bertz CT molecular complexity index is 453. The molecule has 0 atom stereocenters. The van der Waals surface area contributed by atoms with Crippen molar-refractivity contribution in [2.45, 2.75) is 0 Å². The number of nitrogens with zero attached hydrogens (tertiary/aromatic N) is 1. The molecule has 72 valence electrons. The van der Waals surface area contributed by atoms with Crippen LogP contribution < -0.4 is 0 Å². The summed E-state index contributed by atoms with van der Waals surface area (Å²) in [4.78, 5) is 10.9. The van der Waals surface area contributed by atoms with Gasteiger partial charge in [0.2, 0.25) is 0 Å². The molecule has 2 nitrogen and oxygen atoms in total. The molecular weight excluding hydrogens is 251 g/mol. The molecule has 0 N–H and O–H groups in total. The van der Waals surface area contributed by atoms with Crippen LogP contribution in [0.4, 0.5) is 4.39 Å². The van der Waals surface area contributed by atoms with Crippen LogP contribution in [0, 0.1) is 17.1 Å². The number of rotatable bonds is 1. The second-order valence-electron chi connectivity index (χ2n) is 2.29. The van der Waals surface area contributed by atoms with E-state index in [0.29, 0.717) is 0 Å². The molecule has 14 heavy (non-hydrogen) atoms. The lowest BCUT2D eigenvalue weighted by atomic mass is 10.1. The SMILES string of the molecule is N#CC(=O)c1cc(F)c(Cl)c(Cl)c1Cl. The molecule has 0 fully saturated rings. The number of nitriles is 1. The van der Waals surface area contributed by atoms with Crippen molar-refractivity contribution in [3.05, 3.63) is 32.5 Å². The van der Waals surface area contributed by atoms with E-state index in [4.69, 9.17) is 40.1 Å². The van der Waals surface area contributed by atoms with Crippen LogP contribution in [0.15, 0.2) is 6.07 Å². The van der Waals surface area contributed by atoms with Crippen molar-refractivity contribution in [2.75, 3.05) is 0 Å². The van der Waals surface area contributed by atoms with Gasteiger partial charge in [-0.2, -0.15) is 5.26 Å². The molecule has 0 saturated heterocycles. The van der Waals surface area contributed by atoms with Gasteiger partial charge in [-0.1, -0.05) is 34.8 Å². The van der Waals surface area contributed by atoms with Crippen LogP contribution >= 0.6 is 34.8 Å². The fourth-order valence-corrected chi connectivity index (χ4v) is 1.42. The zero-order chi connectivity index (χ0) is 10.9. The van der Waals surface area contributed by atoms with Crippen molar-refractivity contribution >= 4 is 40.6 Å². The average Bonchev–Trinajstić information content (AvgIpc) is 2.19. The summed E-state index contributed by atoms with van der Waals surface area (Å²) in [6, 6.07) is 2.08. The van der Waals surface area contributed by atoms with E-state index >= 15 is 0 Å². The minimum absolute atomic E-state index is 0.218. The van der Waals surface area contributed by atoms with Crippen molar-refractivity contribution in [1.29, 1.82) is 5.26 Å². The molecule has 0 aliphatic carbocycles. The molecule has 0 saturated carbocycles. The maximum atomic E-state index is 13.0. The monoisotopic (exact) mass is 251 g/mol. The highest BCUT2D eigenvalue weighted by atomic mass is 35.5. The molecule has 6 heteroatoms. The Morgan fingerprint density at radius 3 is 2.36 bits per heavy atom. The highest BCUT2D eigenvalue weighted by Crippen LogP contribution is 2.34. The van der Waals surface area contributed by atoms with Crippen molar-refractivity contribution in [1.82, 2.24) is 0 Å². The first-order valence-electron chi connectivity index (χ1n) is 3.26. The number of Topliss-reactive ketones (excluding diaryl/α,β-unsaturated/α-hetero) is 1. The first-order chi connectivity index (χ1) is 6.49. The average molecular weight is 252 g/mol. The second-order valence-corrected chi connectivity index (χ2v) is 3.42. The van der Waals surface area contributed by atoms with E-state index in [1.54, 1.807) is 0 Å². The molecule has 0 radical (unpaired) electrons. The third kappa shape index (κ3) is 1.83. The number of ketones is 1. The number of halogens is 4. The summed E-state index contributed by atoms with van der Waals surface area (Å²) >= 11 is 16.5. The zero-order valence-corrected chi connectivity index (χ0v) is 8.71. The van der Waals surface area contributed by atoms with Gasteiger partial charge in [-0.3, -0.25) is 4.79 Å².